The van der Waals surface area contributed by atoms with Gasteiger partial charge in [0.25, 0.3) is 0 Å². The quantitative estimate of drug-likeness (QED) is 0.790. The first-order chi connectivity index (χ1) is 8.53. The zero-order valence-electron chi connectivity index (χ0n) is 10.8. The average molecular weight is 268 g/mol. The van der Waals surface area contributed by atoms with Crippen molar-refractivity contribution in [2.24, 2.45) is 0 Å². The fourth-order valence-corrected chi connectivity index (χ4v) is 2.46. The highest BCUT2D eigenvalue weighted by Crippen LogP contribution is 2.19. The molecule has 0 saturated heterocycles. The van der Waals surface area contributed by atoms with Crippen LogP contribution < -0.4 is 0 Å². The number of fused-ring (bicyclic) bond motifs is 1. The summed E-state index contributed by atoms with van der Waals surface area (Å²) in [7, 11) is -2.92. The van der Waals surface area contributed by atoms with Crippen molar-refractivity contribution in [1.82, 2.24) is 0 Å². The molecule has 0 unspecified atom stereocenters. The Hall–Kier alpha value is -1.16. The van der Waals surface area contributed by atoms with E-state index < -0.39 is 9.84 Å². The number of hydrogen-bond acceptors (Lipinski definition) is 3. The van der Waals surface area contributed by atoms with E-state index in [-0.39, 0.29) is 12.2 Å². The number of carbonyl (C=O) groups excluding carboxylic acids is 1. The second kappa shape index (κ2) is 7.31. The number of benzene rings is 1. The van der Waals surface area contributed by atoms with E-state index in [1.807, 2.05) is 0 Å². The molecule has 2 rings (SSSR count). The summed E-state index contributed by atoms with van der Waals surface area (Å²) in [6, 6.07) is 8.80. The molecule has 0 bridgehead atoms. The lowest BCUT2D eigenvalue weighted by Gasteiger charge is -2.13. The minimum atomic E-state index is -2.92. The fraction of sp³-hybridized carbons (Fsp3) is 0.500. The SMILES string of the molecule is CS(=O)(=O)CCC=O.c1ccc2c(c1)CCCC2. The maximum Gasteiger partial charge on any atom is 0.147 e. The molecule has 0 spiro atoms. The summed E-state index contributed by atoms with van der Waals surface area (Å²) in [5, 5.41) is 0. The molecule has 1 aromatic carbocycles. The van der Waals surface area contributed by atoms with Gasteiger partial charge in [-0.15, -0.1) is 0 Å². The van der Waals surface area contributed by atoms with Gasteiger partial charge in [0.1, 0.15) is 16.1 Å². The van der Waals surface area contributed by atoms with Crippen molar-refractivity contribution in [3.63, 3.8) is 0 Å². The van der Waals surface area contributed by atoms with E-state index in [4.69, 9.17) is 0 Å². The predicted octanol–water partition coefficient (Wildman–Crippen LogP) is 2.19. The highest BCUT2D eigenvalue weighted by atomic mass is 32.2. The summed E-state index contributed by atoms with van der Waals surface area (Å²) >= 11 is 0. The molecule has 0 atom stereocenters. The zero-order valence-corrected chi connectivity index (χ0v) is 11.6. The lowest BCUT2D eigenvalue weighted by Crippen LogP contribution is -2.02. The van der Waals surface area contributed by atoms with Gasteiger partial charge in [0.15, 0.2) is 0 Å². The van der Waals surface area contributed by atoms with E-state index in [9.17, 15) is 13.2 Å². The molecule has 1 aliphatic rings. The Morgan fingerprint density at radius 3 is 1.94 bits per heavy atom. The maximum atomic E-state index is 10.2. The molecule has 0 fully saturated rings. The summed E-state index contributed by atoms with van der Waals surface area (Å²) in [4.78, 5) is 9.59. The Morgan fingerprint density at radius 2 is 1.61 bits per heavy atom. The lowest BCUT2D eigenvalue weighted by atomic mass is 9.92. The Labute approximate surface area is 109 Å². The number of aryl methyl sites for hydroxylation is 2. The van der Waals surface area contributed by atoms with Crippen molar-refractivity contribution in [3.8, 4) is 0 Å². The third-order valence-electron chi connectivity index (χ3n) is 2.87. The monoisotopic (exact) mass is 268 g/mol. The van der Waals surface area contributed by atoms with Gasteiger partial charge in [0, 0.05) is 12.7 Å². The van der Waals surface area contributed by atoms with Crippen molar-refractivity contribution < 1.29 is 13.2 Å². The first-order valence-corrected chi connectivity index (χ1v) is 8.27. The lowest BCUT2D eigenvalue weighted by molar-refractivity contribution is -0.107. The second-order valence-corrected chi connectivity index (χ2v) is 6.82. The van der Waals surface area contributed by atoms with Crippen LogP contribution in [-0.4, -0.2) is 26.7 Å². The first kappa shape index (κ1) is 14.9. The van der Waals surface area contributed by atoms with E-state index in [2.05, 4.69) is 24.3 Å². The molecule has 18 heavy (non-hydrogen) atoms. The van der Waals surface area contributed by atoms with E-state index in [1.54, 1.807) is 11.1 Å². The van der Waals surface area contributed by atoms with Gasteiger partial charge in [0.2, 0.25) is 0 Å². The molecule has 3 nitrogen and oxygen atoms in total. The van der Waals surface area contributed by atoms with Crippen molar-refractivity contribution in [3.05, 3.63) is 35.4 Å². The van der Waals surface area contributed by atoms with Gasteiger partial charge in [-0.05, 0) is 36.8 Å². The Balaban J connectivity index is 0.000000187. The van der Waals surface area contributed by atoms with Crippen molar-refractivity contribution in [1.29, 1.82) is 0 Å². The van der Waals surface area contributed by atoms with Crippen LogP contribution in [0, 0.1) is 0 Å². The summed E-state index contributed by atoms with van der Waals surface area (Å²) in [6.45, 7) is 0. The van der Waals surface area contributed by atoms with Gasteiger partial charge in [-0.3, -0.25) is 0 Å². The number of rotatable bonds is 3. The minimum Gasteiger partial charge on any atom is -0.303 e. The molecule has 0 aromatic heterocycles. The smallest absolute Gasteiger partial charge is 0.147 e. The largest absolute Gasteiger partial charge is 0.303 e. The third-order valence-corrected chi connectivity index (χ3v) is 3.84. The van der Waals surface area contributed by atoms with Crippen molar-refractivity contribution in [2.75, 3.05) is 12.0 Å². The normalized spacial score (nSPS) is 14.1. The van der Waals surface area contributed by atoms with Crippen LogP contribution in [0.2, 0.25) is 0 Å². The molecule has 4 heteroatoms. The predicted molar refractivity (Wildman–Crippen MR) is 73.5 cm³/mol. The highest BCUT2D eigenvalue weighted by molar-refractivity contribution is 7.90. The molecule has 1 aromatic rings. The van der Waals surface area contributed by atoms with Crippen LogP contribution >= 0.6 is 0 Å². The van der Waals surface area contributed by atoms with Crippen molar-refractivity contribution >= 4 is 16.1 Å². The molecular formula is C14H20O3S. The van der Waals surface area contributed by atoms with Gasteiger partial charge in [-0.25, -0.2) is 8.42 Å². The topological polar surface area (TPSA) is 51.2 Å². The first-order valence-electron chi connectivity index (χ1n) is 6.21. The number of hydrogen-bond donors (Lipinski definition) is 0. The van der Waals surface area contributed by atoms with Gasteiger partial charge in [0.05, 0.1) is 5.75 Å². The Bertz CT molecular complexity index is 453. The third kappa shape index (κ3) is 5.96. The Kier molecular flexibility index (Phi) is 6.05. The van der Waals surface area contributed by atoms with Crippen LogP contribution in [0.25, 0.3) is 0 Å². The number of aldehydes is 1. The molecule has 0 heterocycles. The maximum absolute atomic E-state index is 10.2. The Morgan fingerprint density at radius 1 is 1.11 bits per heavy atom. The van der Waals surface area contributed by atoms with Crippen LogP contribution in [0.5, 0.6) is 0 Å². The van der Waals surface area contributed by atoms with Crippen LogP contribution in [0.4, 0.5) is 0 Å². The van der Waals surface area contributed by atoms with Crippen molar-refractivity contribution in [2.45, 2.75) is 32.1 Å². The average Bonchev–Trinajstić information content (AvgIpc) is 2.36. The van der Waals surface area contributed by atoms with Crippen LogP contribution in [0.3, 0.4) is 0 Å². The van der Waals surface area contributed by atoms with Gasteiger partial charge >= 0.3 is 0 Å². The summed E-state index contributed by atoms with van der Waals surface area (Å²) < 4.78 is 20.5. The molecule has 0 N–H and O–H groups in total. The van der Waals surface area contributed by atoms with E-state index >= 15 is 0 Å². The minimum absolute atomic E-state index is 0.0313. The molecular weight excluding hydrogens is 248 g/mol. The van der Waals surface area contributed by atoms with Gasteiger partial charge in [-0.2, -0.15) is 0 Å². The van der Waals surface area contributed by atoms with Crippen LogP contribution in [0.15, 0.2) is 24.3 Å². The molecule has 100 valence electrons. The number of carbonyl (C=O) groups is 1. The fourth-order valence-electron chi connectivity index (χ4n) is 1.94. The van der Waals surface area contributed by atoms with E-state index in [1.165, 1.54) is 25.7 Å². The zero-order chi connectivity index (χ0) is 13.4. The van der Waals surface area contributed by atoms with E-state index in [0.717, 1.165) is 6.26 Å². The van der Waals surface area contributed by atoms with E-state index in [0.29, 0.717) is 6.29 Å². The number of sulfone groups is 1. The second-order valence-electron chi connectivity index (χ2n) is 4.56. The highest BCUT2D eigenvalue weighted by Gasteiger charge is 2.06. The summed E-state index contributed by atoms with van der Waals surface area (Å²) in [5.41, 5.74) is 3.16. The molecule has 0 radical (unpaired) electrons. The molecule has 0 aliphatic heterocycles. The molecule has 0 saturated carbocycles. The van der Waals surface area contributed by atoms with Crippen LogP contribution in [-0.2, 0) is 27.5 Å². The summed E-state index contributed by atoms with van der Waals surface area (Å²) in [5.74, 6) is -0.0313. The molecule has 0 amide bonds. The molecule has 1 aliphatic carbocycles. The standard InChI is InChI=1S/C10H12.C4H8O3S/c1-2-6-10-8-4-3-7-9(10)5-1;1-8(6,7)4-2-3-5/h1-2,5-6H,3-4,7-8H2;3H,2,4H2,1H3. The van der Waals surface area contributed by atoms with Gasteiger partial charge in [-0.1, -0.05) is 24.3 Å². The van der Waals surface area contributed by atoms with Gasteiger partial charge < -0.3 is 4.79 Å². The summed E-state index contributed by atoms with van der Waals surface area (Å²) in [6.07, 6.45) is 7.19. The van der Waals surface area contributed by atoms with Crippen LogP contribution in [0.1, 0.15) is 30.4 Å².